The molecule has 0 amide bonds. The normalized spacial score (nSPS) is 25.2. The van der Waals surface area contributed by atoms with Crippen molar-refractivity contribution in [3.8, 4) is 0 Å². The average molecular weight is 437 g/mol. The van der Waals surface area contributed by atoms with E-state index in [9.17, 15) is 0 Å². The van der Waals surface area contributed by atoms with E-state index < -0.39 is 0 Å². The quantitative estimate of drug-likeness (QED) is 0.383. The standard InChI is InChI=1S/C23H42N2O2.Ni/c1-9-22(10-2)18(13-16(5)6)24-20(26-22)15-21-25-19(14-17(7)8)23(11-3,12-4)27-21;/h16-19H,9-15H2,1-8H3;/t18-,19-;/m1./s1. The maximum Gasteiger partial charge on any atom is 0.193 e. The van der Waals surface area contributed by atoms with Crippen LogP contribution in [-0.4, -0.2) is 35.1 Å². The zero-order chi connectivity index (χ0) is 20.2. The number of aliphatic imine (C=N–C) groups is 2. The first-order valence-corrected chi connectivity index (χ1v) is 11.2. The van der Waals surface area contributed by atoms with Gasteiger partial charge in [0.25, 0.3) is 0 Å². The van der Waals surface area contributed by atoms with Crippen molar-refractivity contribution < 1.29 is 26.0 Å². The number of hydrogen-bond acceptors (Lipinski definition) is 4. The molecule has 0 unspecified atom stereocenters. The van der Waals surface area contributed by atoms with Crippen molar-refractivity contribution in [3.63, 3.8) is 0 Å². The van der Waals surface area contributed by atoms with E-state index >= 15 is 0 Å². The molecule has 5 heteroatoms. The molecule has 2 heterocycles. The van der Waals surface area contributed by atoms with Crippen molar-refractivity contribution >= 4 is 11.8 Å². The molecule has 0 saturated carbocycles. The van der Waals surface area contributed by atoms with Crippen molar-refractivity contribution in [2.45, 2.75) is 124 Å². The van der Waals surface area contributed by atoms with Gasteiger partial charge in [0.05, 0.1) is 18.5 Å². The van der Waals surface area contributed by atoms with Gasteiger partial charge >= 0.3 is 0 Å². The van der Waals surface area contributed by atoms with Gasteiger partial charge in [-0.1, -0.05) is 55.4 Å². The molecule has 2 aliphatic heterocycles. The fourth-order valence-electron chi connectivity index (χ4n) is 4.69. The molecule has 0 aromatic carbocycles. The Labute approximate surface area is 183 Å². The first-order chi connectivity index (χ1) is 12.7. The monoisotopic (exact) mass is 436 g/mol. The molecule has 0 saturated heterocycles. The summed E-state index contributed by atoms with van der Waals surface area (Å²) in [5.41, 5.74) is -0.300. The van der Waals surface area contributed by atoms with E-state index in [0.29, 0.717) is 18.3 Å². The average Bonchev–Trinajstić information content (AvgIpc) is 3.12. The number of ether oxygens (including phenoxy) is 2. The number of hydrogen-bond donors (Lipinski definition) is 0. The molecule has 0 aliphatic carbocycles. The maximum atomic E-state index is 6.46. The molecular weight excluding hydrogens is 395 g/mol. The summed E-state index contributed by atoms with van der Waals surface area (Å²) in [5, 5.41) is 0. The summed E-state index contributed by atoms with van der Waals surface area (Å²) < 4.78 is 12.9. The minimum Gasteiger partial charge on any atom is -0.472 e. The van der Waals surface area contributed by atoms with Crippen LogP contribution in [0.2, 0.25) is 0 Å². The van der Waals surface area contributed by atoms with E-state index in [1.807, 2.05) is 0 Å². The number of nitrogens with zero attached hydrogens (tertiary/aromatic N) is 2. The Balaban J connectivity index is 0.00000392. The summed E-state index contributed by atoms with van der Waals surface area (Å²) in [7, 11) is 0. The van der Waals surface area contributed by atoms with Gasteiger partial charge in [0.2, 0.25) is 0 Å². The van der Waals surface area contributed by atoms with Crippen LogP contribution in [0, 0.1) is 11.8 Å². The van der Waals surface area contributed by atoms with Gasteiger partial charge in [-0.3, -0.25) is 0 Å². The molecule has 0 bridgehead atoms. The third kappa shape index (κ3) is 5.32. The largest absolute Gasteiger partial charge is 0.472 e. The first kappa shape index (κ1) is 25.5. The van der Waals surface area contributed by atoms with Gasteiger partial charge in [-0.25, -0.2) is 9.98 Å². The minimum atomic E-state index is -0.150. The van der Waals surface area contributed by atoms with Gasteiger partial charge in [-0.2, -0.15) is 0 Å². The topological polar surface area (TPSA) is 43.2 Å². The Morgan fingerprint density at radius 3 is 1.29 bits per heavy atom. The first-order valence-electron chi connectivity index (χ1n) is 11.2. The molecule has 2 rings (SSSR count). The van der Waals surface area contributed by atoms with Gasteiger partial charge < -0.3 is 9.47 Å². The summed E-state index contributed by atoms with van der Waals surface area (Å²) in [6.45, 7) is 17.9. The molecule has 28 heavy (non-hydrogen) atoms. The van der Waals surface area contributed by atoms with Crippen molar-refractivity contribution in [1.82, 2.24) is 0 Å². The van der Waals surface area contributed by atoms with E-state index in [1.54, 1.807) is 0 Å². The predicted octanol–water partition coefficient (Wildman–Crippen LogP) is 6.18. The zero-order valence-corrected chi connectivity index (χ0v) is 20.3. The van der Waals surface area contributed by atoms with Gasteiger partial charge in [0, 0.05) is 16.5 Å². The summed E-state index contributed by atoms with van der Waals surface area (Å²) in [6, 6.07) is 0.496. The van der Waals surface area contributed by atoms with Crippen LogP contribution in [0.5, 0.6) is 0 Å². The maximum absolute atomic E-state index is 6.46. The Bertz CT molecular complexity index is 501. The van der Waals surface area contributed by atoms with Crippen LogP contribution < -0.4 is 0 Å². The van der Waals surface area contributed by atoms with Crippen LogP contribution in [0.25, 0.3) is 0 Å². The Hall–Kier alpha value is -0.566. The molecule has 0 fully saturated rings. The van der Waals surface area contributed by atoms with Crippen molar-refractivity contribution in [2.24, 2.45) is 21.8 Å². The Morgan fingerprint density at radius 2 is 1.04 bits per heavy atom. The van der Waals surface area contributed by atoms with Crippen LogP contribution in [-0.2, 0) is 26.0 Å². The van der Waals surface area contributed by atoms with Crippen LogP contribution in [0.1, 0.15) is 100 Å². The van der Waals surface area contributed by atoms with Crippen molar-refractivity contribution in [1.29, 1.82) is 0 Å². The predicted molar refractivity (Wildman–Crippen MR) is 115 cm³/mol. The minimum absolute atomic E-state index is 0. The Kier molecular flexibility index (Phi) is 9.51. The Morgan fingerprint density at radius 1 is 0.714 bits per heavy atom. The molecular formula is C23H42N2NiO2. The van der Waals surface area contributed by atoms with E-state index in [-0.39, 0.29) is 39.8 Å². The van der Waals surface area contributed by atoms with E-state index in [2.05, 4.69) is 55.4 Å². The summed E-state index contributed by atoms with van der Waals surface area (Å²) in [4.78, 5) is 10.0. The van der Waals surface area contributed by atoms with Crippen molar-refractivity contribution in [3.05, 3.63) is 0 Å². The fourth-order valence-corrected chi connectivity index (χ4v) is 4.69. The molecule has 0 aromatic heterocycles. The SMILES string of the molecule is CCC1(CC)OC(CC2=N[C@H](CC(C)C)C(CC)(CC)O2)=N[C@@H]1CC(C)C.[Ni]. The molecule has 4 nitrogen and oxygen atoms in total. The van der Waals surface area contributed by atoms with Gasteiger partial charge in [-0.15, -0.1) is 0 Å². The molecule has 0 radical (unpaired) electrons. The van der Waals surface area contributed by atoms with Crippen LogP contribution in [0.3, 0.4) is 0 Å². The molecule has 0 spiro atoms. The summed E-state index contributed by atoms with van der Waals surface area (Å²) in [5.74, 6) is 2.88. The molecule has 0 aromatic rings. The van der Waals surface area contributed by atoms with Crippen LogP contribution in [0.4, 0.5) is 0 Å². The molecule has 2 aliphatic rings. The summed E-state index contributed by atoms with van der Waals surface area (Å²) >= 11 is 0. The third-order valence-electron chi connectivity index (χ3n) is 6.54. The van der Waals surface area contributed by atoms with Gasteiger partial charge in [0.15, 0.2) is 11.8 Å². The molecule has 0 N–H and O–H groups in total. The number of rotatable bonds is 10. The van der Waals surface area contributed by atoms with E-state index in [4.69, 9.17) is 19.5 Å². The molecule has 2 atom stereocenters. The van der Waals surface area contributed by atoms with Gasteiger partial charge in [-0.05, 0) is 50.4 Å². The summed E-state index contributed by atoms with van der Waals surface area (Å²) in [6.07, 6.45) is 6.71. The van der Waals surface area contributed by atoms with E-state index in [1.165, 1.54) is 0 Å². The van der Waals surface area contributed by atoms with Crippen LogP contribution >= 0.6 is 0 Å². The molecule has 166 valence electrons. The smallest absolute Gasteiger partial charge is 0.193 e. The second kappa shape index (κ2) is 10.5. The third-order valence-corrected chi connectivity index (χ3v) is 6.54. The second-order valence-corrected chi connectivity index (χ2v) is 9.26. The fraction of sp³-hybridized carbons (Fsp3) is 0.913. The van der Waals surface area contributed by atoms with Gasteiger partial charge in [0.1, 0.15) is 11.2 Å². The zero-order valence-electron chi connectivity index (χ0n) is 19.3. The van der Waals surface area contributed by atoms with Crippen molar-refractivity contribution in [2.75, 3.05) is 0 Å². The second-order valence-electron chi connectivity index (χ2n) is 9.26. The van der Waals surface area contributed by atoms with Crippen LogP contribution in [0.15, 0.2) is 9.98 Å². The van der Waals surface area contributed by atoms with E-state index in [0.717, 1.165) is 50.3 Å².